The fourth-order valence-corrected chi connectivity index (χ4v) is 1.62. The van der Waals surface area contributed by atoms with Gasteiger partial charge in [0.1, 0.15) is 0 Å². The van der Waals surface area contributed by atoms with Gasteiger partial charge in [0, 0.05) is 0 Å². The molecule has 0 fully saturated rings. The Morgan fingerprint density at radius 2 is 1.64 bits per heavy atom. The lowest BCUT2D eigenvalue weighted by Crippen LogP contribution is -2.07. The van der Waals surface area contributed by atoms with Crippen molar-refractivity contribution in [2.75, 3.05) is 13.6 Å². The van der Waals surface area contributed by atoms with Crippen LogP contribution in [0.25, 0.3) is 0 Å². The second-order valence-corrected chi connectivity index (χ2v) is 4.12. The first-order chi connectivity index (χ1) is 6.81. The Kier molecular flexibility index (Phi) is 10.5. The third-order valence-corrected chi connectivity index (χ3v) is 2.59. The Morgan fingerprint density at radius 1 is 1.00 bits per heavy atom. The van der Waals surface area contributed by atoms with E-state index < -0.39 is 0 Å². The first-order valence-electron chi connectivity index (χ1n) is 6.12. The van der Waals surface area contributed by atoms with Gasteiger partial charge < -0.3 is 5.32 Å². The Hall–Kier alpha value is -0.300. The predicted octanol–water partition coefficient (Wildman–Crippen LogP) is 3.90. The molecule has 0 saturated carbocycles. The van der Waals surface area contributed by atoms with E-state index in [1.54, 1.807) is 0 Å². The van der Waals surface area contributed by atoms with E-state index in [9.17, 15) is 0 Å². The Morgan fingerprint density at radius 3 is 2.29 bits per heavy atom. The molecule has 0 atom stereocenters. The number of allylic oxidation sites excluding steroid dienone is 1. The minimum Gasteiger partial charge on any atom is -0.320 e. The molecule has 0 aromatic carbocycles. The molecular formula is C13H27N. The van der Waals surface area contributed by atoms with Crippen LogP contribution in [0.2, 0.25) is 0 Å². The zero-order valence-corrected chi connectivity index (χ0v) is 10.1. The van der Waals surface area contributed by atoms with Gasteiger partial charge in [-0.3, -0.25) is 0 Å². The fourth-order valence-electron chi connectivity index (χ4n) is 1.62. The smallest absolute Gasteiger partial charge is 0.00489 e. The van der Waals surface area contributed by atoms with Crippen molar-refractivity contribution in [1.29, 1.82) is 0 Å². The van der Waals surface area contributed by atoms with Crippen LogP contribution >= 0.6 is 0 Å². The van der Waals surface area contributed by atoms with Gasteiger partial charge in [-0.1, -0.05) is 44.8 Å². The average Bonchev–Trinajstić information content (AvgIpc) is 2.18. The summed E-state index contributed by atoms with van der Waals surface area (Å²) in [5, 5.41) is 3.17. The summed E-state index contributed by atoms with van der Waals surface area (Å²) in [5.41, 5.74) is 1.44. The molecule has 1 heteroatoms. The molecule has 84 valence electrons. The third kappa shape index (κ3) is 9.79. The van der Waals surface area contributed by atoms with E-state index in [0.717, 1.165) is 6.54 Å². The molecule has 14 heavy (non-hydrogen) atoms. The molecule has 0 aromatic rings. The summed E-state index contributed by atoms with van der Waals surface area (Å²) in [6, 6.07) is 0. The molecule has 0 unspecified atom stereocenters. The minimum atomic E-state index is 1.12. The largest absolute Gasteiger partial charge is 0.320 e. The summed E-state index contributed by atoms with van der Waals surface area (Å²) in [4.78, 5) is 0. The van der Waals surface area contributed by atoms with Crippen LogP contribution in [0.3, 0.4) is 0 Å². The normalized spacial score (nSPS) is 10.4. The van der Waals surface area contributed by atoms with Gasteiger partial charge >= 0.3 is 0 Å². The van der Waals surface area contributed by atoms with Crippen LogP contribution in [0.4, 0.5) is 0 Å². The number of hydrogen-bond donors (Lipinski definition) is 1. The highest BCUT2D eigenvalue weighted by Gasteiger charge is 1.95. The number of unbranched alkanes of at least 4 members (excludes halogenated alkanes) is 4. The van der Waals surface area contributed by atoms with E-state index in [-0.39, 0.29) is 0 Å². The highest BCUT2D eigenvalue weighted by atomic mass is 14.8. The first kappa shape index (κ1) is 13.7. The van der Waals surface area contributed by atoms with Crippen LogP contribution in [-0.4, -0.2) is 13.6 Å². The maximum atomic E-state index is 4.12. The van der Waals surface area contributed by atoms with Crippen molar-refractivity contribution in [2.45, 2.75) is 58.3 Å². The van der Waals surface area contributed by atoms with E-state index in [1.807, 2.05) is 7.05 Å². The van der Waals surface area contributed by atoms with Gasteiger partial charge in [0.25, 0.3) is 0 Å². The molecule has 0 radical (unpaired) electrons. The van der Waals surface area contributed by atoms with E-state index in [1.165, 1.54) is 56.9 Å². The van der Waals surface area contributed by atoms with Crippen molar-refractivity contribution in [2.24, 2.45) is 0 Å². The molecule has 0 aliphatic carbocycles. The van der Waals surface area contributed by atoms with Crippen molar-refractivity contribution in [1.82, 2.24) is 5.32 Å². The van der Waals surface area contributed by atoms with Gasteiger partial charge in [0.2, 0.25) is 0 Å². The van der Waals surface area contributed by atoms with Crippen LogP contribution < -0.4 is 5.32 Å². The van der Waals surface area contributed by atoms with Gasteiger partial charge in [-0.05, 0) is 39.3 Å². The van der Waals surface area contributed by atoms with Crippen LogP contribution in [0, 0.1) is 0 Å². The average molecular weight is 197 g/mol. The molecule has 0 aliphatic rings. The van der Waals surface area contributed by atoms with Gasteiger partial charge in [-0.25, -0.2) is 0 Å². The molecule has 0 amide bonds. The summed E-state index contributed by atoms with van der Waals surface area (Å²) in [5.74, 6) is 0. The van der Waals surface area contributed by atoms with E-state index in [0.29, 0.717) is 0 Å². The highest BCUT2D eigenvalue weighted by Crippen LogP contribution is 2.13. The molecule has 0 saturated heterocycles. The van der Waals surface area contributed by atoms with E-state index in [4.69, 9.17) is 0 Å². The van der Waals surface area contributed by atoms with Gasteiger partial charge in [0.05, 0.1) is 0 Å². The monoisotopic (exact) mass is 197 g/mol. The summed E-state index contributed by atoms with van der Waals surface area (Å²) >= 11 is 0. The van der Waals surface area contributed by atoms with Crippen LogP contribution in [-0.2, 0) is 0 Å². The third-order valence-electron chi connectivity index (χ3n) is 2.59. The lowest BCUT2D eigenvalue weighted by Gasteiger charge is -2.05. The number of hydrogen-bond acceptors (Lipinski definition) is 1. The first-order valence-corrected chi connectivity index (χ1v) is 6.12. The molecule has 0 aliphatic heterocycles. The molecular weight excluding hydrogens is 170 g/mol. The van der Waals surface area contributed by atoms with E-state index >= 15 is 0 Å². The van der Waals surface area contributed by atoms with E-state index in [2.05, 4.69) is 18.8 Å². The van der Waals surface area contributed by atoms with Crippen molar-refractivity contribution < 1.29 is 0 Å². The van der Waals surface area contributed by atoms with Crippen LogP contribution in [0.15, 0.2) is 12.2 Å². The fraction of sp³-hybridized carbons (Fsp3) is 0.846. The second kappa shape index (κ2) is 10.8. The zero-order chi connectivity index (χ0) is 10.6. The lowest BCUT2D eigenvalue weighted by molar-refractivity contribution is 0.618. The molecule has 1 nitrogen and oxygen atoms in total. The quantitative estimate of drug-likeness (QED) is 0.414. The predicted molar refractivity (Wildman–Crippen MR) is 65.7 cm³/mol. The number of rotatable bonds is 10. The topological polar surface area (TPSA) is 12.0 Å². The SMILES string of the molecule is C=C(CCCCCCC)CCCNC. The molecule has 0 aromatic heterocycles. The van der Waals surface area contributed by atoms with Crippen LogP contribution in [0.1, 0.15) is 58.3 Å². The van der Waals surface area contributed by atoms with Crippen molar-refractivity contribution in [3.63, 3.8) is 0 Å². The summed E-state index contributed by atoms with van der Waals surface area (Å²) in [6.07, 6.45) is 10.6. The van der Waals surface area contributed by atoms with Gasteiger partial charge in [-0.15, -0.1) is 0 Å². The number of nitrogens with one attached hydrogen (secondary N) is 1. The molecule has 0 rings (SSSR count). The minimum absolute atomic E-state index is 1.12. The lowest BCUT2D eigenvalue weighted by atomic mass is 10.0. The summed E-state index contributed by atoms with van der Waals surface area (Å²) in [7, 11) is 2.01. The Labute approximate surface area is 90.0 Å². The standard InChI is InChI=1S/C13H27N/c1-4-5-6-7-8-10-13(2)11-9-12-14-3/h14H,2,4-12H2,1,3H3. The molecule has 0 spiro atoms. The van der Waals surface area contributed by atoms with Crippen LogP contribution in [0.5, 0.6) is 0 Å². The van der Waals surface area contributed by atoms with Crippen molar-refractivity contribution in [3.05, 3.63) is 12.2 Å². The van der Waals surface area contributed by atoms with Crippen molar-refractivity contribution >= 4 is 0 Å². The van der Waals surface area contributed by atoms with Crippen molar-refractivity contribution in [3.8, 4) is 0 Å². The maximum absolute atomic E-state index is 4.12. The summed E-state index contributed by atoms with van der Waals surface area (Å²) < 4.78 is 0. The second-order valence-electron chi connectivity index (χ2n) is 4.12. The molecule has 0 bridgehead atoms. The molecule has 0 heterocycles. The zero-order valence-electron chi connectivity index (χ0n) is 10.1. The van der Waals surface area contributed by atoms with Gasteiger partial charge in [0.15, 0.2) is 0 Å². The summed E-state index contributed by atoms with van der Waals surface area (Å²) in [6.45, 7) is 7.50. The highest BCUT2D eigenvalue weighted by molar-refractivity contribution is 4.93. The van der Waals surface area contributed by atoms with Gasteiger partial charge in [-0.2, -0.15) is 0 Å². The maximum Gasteiger partial charge on any atom is -0.00489 e. The Balaban J connectivity index is 3.10. The Bertz CT molecular complexity index is 129. The molecule has 1 N–H and O–H groups in total.